The molecule has 0 N–H and O–H groups in total. The van der Waals surface area contributed by atoms with Crippen LogP contribution in [0.15, 0.2) is 71.6 Å². The van der Waals surface area contributed by atoms with Gasteiger partial charge in [-0.25, -0.2) is 4.79 Å². The van der Waals surface area contributed by atoms with E-state index in [0.717, 1.165) is 10.5 Å². The fourth-order valence-electron chi connectivity index (χ4n) is 2.95. The van der Waals surface area contributed by atoms with Crippen LogP contribution >= 0.6 is 35.0 Å². The standard InChI is InChI=1S/C22H13Cl2NO4S/c23-17-9-4-10-18(24)19(17)30-12-13-5-3-6-14(11-13)22(28)29-25-20(26)15-7-1-2-8-16(15)21(25)27/h1-11H,12H2. The molecule has 3 aromatic carbocycles. The van der Waals surface area contributed by atoms with Crippen LogP contribution in [0.5, 0.6) is 0 Å². The fraction of sp³-hybridized carbons (Fsp3) is 0.0455. The van der Waals surface area contributed by atoms with Gasteiger partial charge in [-0.2, -0.15) is 0 Å². The first-order valence-corrected chi connectivity index (χ1v) is 10.6. The van der Waals surface area contributed by atoms with E-state index >= 15 is 0 Å². The highest BCUT2D eigenvalue weighted by Gasteiger charge is 2.38. The summed E-state index contributed by atoms with van der Waals surface area (Å²) in [5.41, 5.74) is 1.46. The van der Waals surface area contributed by atoms with Crippen molar-refractivity contribution >= 4 is 52.7 Å². The molecule has 0 saturated carbocycles. The van der Waals surface area contributed by atoms with Gasteiger partial charge in [0, 0.05) is 10.6 Å². The first-order valence-electron chi connectivity index (χ1n) is 8.81. The first-order chi connectivity index (χ1) is 14.5. The summed E-state index contributed by atoms with van der Waals surface area (Å²) in [5.74, 6) is -1.61. The number of carbonyl (C=O) groups is 3. The summed E-state index contributed by atoms with van der Waals surface area (Å²) in [5, 5.41) is 1.60. The van der Waals surface area contributed by atoms with E-state index < -0.39 is 17.8 Å². The number of carbonyl (C=O) groups excluding carboxylic acids is 3. The molecule has 0 spiro atoms. The molecule has 0 radical (unpaired) electrons. The van der Waals surface area contributed by atoms with Crippen LogP contribution in [0.3, 0.4) is 0 Å². The van der Waals surface area contributed by atoms with Gasteiger partial charge in [-0.15, -0.1) is 11.8 Å². The van der Waals surface area contributed by atoms with Gasteiger partial charge in [-0.05, 0) is 42.0 Å². The Kier molecular flexibility index (Phi) is 5.81. The van der Waals surface area contributed by atoms with Crippen LogP contribution in [0.1, 0.15) is 36.6 Å². The van der Waals surface area contributed by atoms with Crippen molar-refractivity contribution < 1.29 is 19.2 Å². The van der Waals surface area contributed by atoms with E-state index in [1.165, 1.54) is 23.9 Å². The number of halogens is 2. The van der Waals surface area contributed by atoms with Crippen LogP contribution in [0.25, 0.3) is 0 Å². The van der Waals surface area contributed by atoms with Crippen LogP contribution in [-0.4, -0.2) is 22.8 Å². The van der Waals surface area contributed by atoms with Gasteiger partial charge in [0.05, 0.1) is 26.7 Å². The number of benzene rings is 3. The van der Waals surface area contributed by atoms with Gasteiger partial charge in [0.2, 0.25) is 0 Å². The SMILES string of the molecule is O=C(ON1C(=O)c2ccccc2C1=O)c1cccc(CSc2c(Cl)cccc2Cl)c1. The third kappa shape index (κ3) is 3.94. The number of hydrogen-bond acceptors (Lipinski definition) is 5. The molecule has 0 aromatic heterocycles. The molecule has 30 heavy (non-hydrogen) atoms. The van der Waals surface area contributed by atoms with Crippen LogP contribution < -0.4 is 0 Å². The van der Waals surface area contributed by atoms with Gasteiger partial charge in [0.1, 0.15) is 0 Å². The van der Waals surface area contributed by atoms with Gasteiger partial charge in [-0.3, -0.25) is 9.59 Å². The summed E-state index contributed by atoms with van der Waals surface area (Å²) in [4.78, 5) is 43.1. The molecule has 3 aromatic rings. The summed E-state index contributed by atoms with van der Waals surface area (Å²) in [7, 11) is 0. The molecule has 1 aliphatic rings. The van der Waals surface area contributed by atoms with E-state index in [1.807, 2.05) is 6.07 Å². The molecule has 0 saturated heterocycles. The number of hydroxylamine groups is 2. The van der Waals surface area contributed by atoms with E-state index in [0.29, 0.717) is 20.9 Å². The highest BCUT2D eigenvalue weighted by Crippen LogP contribution is 2.35. The molecule has 150 valence electrons. The number of imide groups is 1. The molecular formula is C22H13Cl2NO4S. The second-order valence-corrected chi connectivity index (χ2v) is 8.17. The van der Waals surface area contributed by atoms with Crippen LogP contribution in [0.2, 0.25) is 10.0 Å². The smallest absolute Gasteiger partial charge is 0.324 e. The van der Waals surface area contributed by atoms with Crippen LogP contribution in [0, 0.1) is 0 Å². The molecule has 4 rings (SSSR count). The summed E-state index contributed by atoms with van der Waals surface area (Å²) >= 11 is 13.8. The molecule has 0 bridgehead atoms. The lowest BCUT2D eigenvalue weighted by Gasteiger charge is -2.13. The Bertz CT molecular complexity index is 1130. The molecule has 0 aliphatic carbocycles. The molecule has 2 amide bonds. The quantitative estimate of drug-likeness (QED) is 0.365. The minimum absolute atomic E-state index is 0.206. The molecule has 5 nitrogen and oxygen atoms in total. The Morgan fingerprint density at radius 2 is 1.47 bits per heavy atom. The lowest BCUT2D eigenvalue weighted by Crippen LogP contribution is -2.32. The van der Waals surface area contributed by atoms with Gasteiger partial charge < -0.3 is 4.84 Å². The topological polar surface area (TPSA) is 63.7 Å². The maximum absolute atomic E-state index is 12.6. The molecule has 0 unspecified atom stereocenters. The number of fused-ring (bicyclic) bond motifs is 1. The minimum Gasteiger partial charge on any atom is -0.324 e. The van der Waals surface area contributed by atoms with Crippen molar-refractivity contribution in [1.82, 2.24) is 5.06 Å². The van der Waals surface area contributed by atoms with E-state index in [9.17, 15) is 14.4 Å². The lowest BCUT2D eigenvalue weighted by atomic mass is 10.1. The van der Waals surface area contributed by atoms with E-state index in [2.05, 4.69) is 0 Å². The molecule has 0 fully saturated rings. The largest absolute Gasteiger partial charge is 0.363 e. The summed E-state index contributed by atoms with van der Waals surface area (Å²) in [6.45, 7) is 0. The van der Waals surface area contributed by atoms with Gasteiger partial charge in [0.25, 0.3) is 11.8 Å². The predicted octanol–water partition coefficient (Wildman–Crippen LogP) is 5.65. The highest BCUT2D eigenvalue weighted by atomic mass is 35.5. The Hall–Kier alpha value is -2.80. The third-order valence-electron chi connectivity index (χ3n) is 4.40. The number of nitrogens with zero attached hydrogens (tertiary/aromatic N) is 1. The average Bonchev–Trinajstić information content (AvgIpc) is 2.99. The van der Waals surface area contributed by atoms with Gasteiger partial charge in [0.15, 0.2) is 0 Å². The average molecular weight is 458 g/mol. The molecule has 1 heterocycles. The summed E-state index contributed by atoms with van der Waals surface area (Å²) < 4.78 is 0. The van der Waals surface area contributed by atoms with Crippen molar-refractivity contribution in [2.24, 2.45) is 0 Å². The molecule has 8 heteroatoms. The maximum atomic E-state index is 12.6. The number of amides is 2. The van der Waals surface area contributed by atoms with E-state index in [-0.39, 0.29) is 16.7 Å². The van der Waals surface area contributed by atoms with Crippen molar-refractivity contribution in [3.05, 3.63) is 99.0 Å². The monoisotopic (exact) mass is 457 g/mol. The van der Waals surface area contributed by atoms with Crippen molar-refractivity contribution in [2.45, 2.75) is 10.6 Å². The Morgan fingerprint density at radius 3 is 2.10 bits per heavy atom. The summed E-state index contributed by atoms with van der Waals surface area (Å²) in [6.07, 6.45) is 0. The number of hydrogen-bond donors (Lipinski definition) is 0. The second kappa shape index (κ2) is 8.52. The number of thioether (sulfide) groups is 1. The van der Waals surface area contributed by atoms with Crippen molar-refractivity contribution in [1.29, 1.82) is 0 Å². The maximum Gasteiger partial charge on any atom is 0.363 e. The molecular weight excluding hydrogens is 445 g/mol. The van der Waals surface area contributed by atoms with Crippen molar-refractivity contribution in [2.75, 3.05) is 0 Å². The normalized spacial score (nSPS) is 12.8. The van der Waals surface area contributed by atoms with Crippen molar-refractivity contribution in [3.63, 3.8) is 0 Å². The van der Waals surface area contributed by atoms with Crippen LogP contribution in [0.4, 0.5) is 0 Å². The minimum atomic E-state index is -0.799. The van der Waals surface area contributed by atoms with E-state index in [4.69, 9.17) is 28.0 Å². The van der Waals surface area contributed by atoms with Crippen LogP contribution in [-0.2, 0) is 10.6 Å². The highest BCUT2D eigenvalue weighted by molar-refractivity contribution is 7.98. The summed E-state index contributed by atoms with van der Waals surface area (Å²) in [6, 6.07) is 18.3. The Morgan fingerprint density at radius 1 is 0.867 bits per heavy atom. The Balaban J connectivity index is 1.47. The van der Waals surface area contributed by atoms with E-state index in [1.54, 1.807) is 48.5 Å². The number of rotatable bonds is 5. The van der Waals surface area contributed by atoms with Gasteiger partial charge in [-0.1, -0.05) is 58.6 Å². The zero-order valence-electron chi connectivity index (χ0n) is 15.3. The third-order valence-corrected chi connectivity index (χ3v) is 6.46. The Labute approximate surface area is 186 Å². The van der Waals surface area contributed by atoms with Crippen molar-refractivity contribution in [3.8, 4) is 0 Å². The zero-order chi connectivity index (χ0) is 21.3. The molecule has 1 aliphatic heterocycles. The first kappa shape index (κ1) is 20.5. The predicted molar refractivity (Wildman–Crippen MR) is 115 cm³/mol. The van der Waals surface area contributed by atoms with Gasteiger partial charge >= 0.3 is 5.97 Å². The fourth-order valence-corrected chi connectivity index (χ4v) is 4.58. The zero-order valence-corrected chi connectivity index (χ0v) is 17.6. The second-order valence-electron chi connectivity index (χ2n) is 6.37. The lowest BCUT2D eigenvalue weighted by molar-refractivity contribution is -0.0584. The molecule has 0 atom stereocenters.